The Morgan fingerprint density at radius 3 is 0.613 bits per heavy atom. The van der Waals surface area contributed by atoms with Crippen molar-refractivity contribution in [2.24, 2.45) is 75.4 Å². The Kier molecular flexibility index (Phi) is 3.43. The maximum atomic E-state index is 1.70. The Bertz CT molecular complexity index is 575. The van der Waals surface area contributed by atoms with Crippen molar-refractivity contribution in [1.29, 1.82) is 0 Å². The first kappa shape index (κ1) is 18.3. The van der Waals surface area contributed by atoms with Gasteiger partial charge in [-0.15, -0.1) is 0 Å². The largest absolute Gasteiger partial charge is 0.0475 e. The van der Waals surface area contributed by atoms with Crippen LogP contribution < -0.4 is 0 Å². The first-order chi connectivity index (χ1) is 15.1. The minimum Gasteiger partial charge on any atom is -0.0475 e. The van der Waals surface area contributed by atoms with E-state index in [9.17, 15) is 0 Å². The molecule has 12 aliphatic rings. The minimum absolute atomic E-state index is 0.812. The molecule has 31 heavy (non-hydrogen) atoms. The van der Waals surface area contributed by atoms with E-state index in [-0.39, 0.29) is 0 Å². The number of rotatable bonds is 3. The van der Waals surface area contributed by atoms with Gasteiger partial charge in [-0.3, -0.25) is 0 Å². The molecule has 0 aromatic carbocycles. The van der Waals surface area contributed by atoms with Gasteiger partial charge in [0.25, 0.3) is 0 Å². The van der Waals surface area contributed by atoms with Crippen molar-refractivity contribution < 1.29 is 0 Å². The van der Waals surface area contributed by atoms with Gasteiger partial charge >= 0.3 is 0 Å². The van der Waals surface area contributed by atoms with Crippen molar-refractivity contribution in [3.05, 3.63) is 0 Å². The Hall–Kier alpha value is 0. The van der Waals surface area contributed by atoms with Gasteiger partial charge in [0.15, 0.2) is 0 Å². The van der Waals surface area contributed by atoms with Crippen LogP contribution in [0.5, 0.6) is 0 Å². The van der Waals surface area contributed by atoms with E-state index in [0.717, 1.165) is 69.5 Å². The molecule has 0 heteroatoms. The molecule has 0 heterocycles. The number of hydrogen-bond acceptors (Lipinski definition) is 0. The highest BCUT2D eigenvalue weighted by atomic mass is 14.7. The SMILES string of the molecule is C1C2CC3CC1CC(C(C14CC5CC(CC(C5)C1)C4)C14CC5CC(CC(C5)C1)C4)(C2)C3. The molecule has 0 amide bonds. The van der Waals surface area contributed by atoms with Crippen molar-refractivity contribution in [3.63, 3.8) is 0 Å². The van der Waals surface area contributed by atoms with Gasteiger partial charge in [-0.25, -0.2) is 0 Å². The van der Waals surface area contributed by atoms with Crippen molar-refractivity contribution in [2.75, 3.05) is 0 Å². The van der Waals surface area contributed by atoms with Gasteiger partial charge < -0.3 is 0 Å². The van der Waals surface area contributed by atoms with Crippen molar-refractivity contribution in [3.8, 4) is 0 Å². The first-order valence-corrected chi connectivity index (χ1v) is 15.1. The second-order valence-corrected chi connectivity index (χ2v) is 16.3. The highest BCUT2D eigenvalue weighted by molar-refractivity contribution is 5.18. The summed E-state index contributed by atoms with van der Waals surface area (Å²) in [5, 5.41) is 0. The smallest absolute Gasteiger partial charge is 0.0243 e. The summed E-state index contributed by atoms with van der Waals surface area (Å²) in [4.78, 5) is 0. The molecule has 0 N–H and O–H groups in total. The lowest BCUT2D eigenvalue weighted by molar-refractivity contribution is -0.242. The molecular weight excluding hydrogens is 372 g/mol. The van der Waals surface area contributed by atoms with Crippen LogP contribution >= 0.6 is 0 Å². The highest BCUT2D eigenvalue weighted by Crippen LogP contribution is 2.78. The summed E-state index contributed by atoms with van der Waals surface area (Å²) in [5.74, 6) is 11.5. The lowest BCUT2D eigenvalue weighted by Crippen LogP contribution is -2.65. The molecule has 0 unspecified atom stereocenters. The molecule has 0 aromatic rings. The lowest BCUT2D eigenvalue weighted by Gasteiger charge is -2.74. The zero-order valence-electron chi connectivity index (χ0n) is 20.0. The van der Waals surface area contributed by atoms with Crippen LogP contribution in [-0.2, 0) is 0 Å². The summed E-state index contributed by atoms with van der Waals surface area (Å²) in [7, 11) is 0. The van der Waals surface area contributed by atoms with E-state index in [1.54, 1.807) is 116 Å². The monoisotopic (exact) mass is 418 g/mol. The van der Waals surface area contributed by atoms with E-state index in [2.05, 4.69) is 0 Å². The maximum Gasteiger partial charge on any atom is -0.0243 e. The molecule has 0 spiro atoms. The molecule has 0 nitrogen and oxygen atoms in total. The number of hydrogen-bond donors (Lipinski definition) is 0. The van der Waals surface area contributed by atoms with Gasteiger partial charge in [-0.1, -0.05) is 0 Å². The van der Waals surface area contributed by atoms with E-state index in [1.165, 1.54) is 5.92 Å². The third kappa shape index (κ3) is 2.40. The molecule has 12 rings (SSSR count). The highest BCUT2D eigenvalue weighted by Gasteiger charge is 2.69. The quantitative estimate of drug-likeness (QED) is 0.433. The van der Waals surface area contributed by atoms with E-state index < -0.39 is 0 Å². The second-order valence-electron chi connectivity index (χ2n) is 16.3. The topological polar surface area (TPSA) is 0 Å². The van der Waals surface area contributed by atoms with Gasteiger partial charge in [0, 0.05) is 0 Å². The van der Waals surface area contributed by atoms with E-state index >= 15 is 0 Å². The Morgan fingerprint density at radius 1 is 0.290 bits per heavy atom. The fourth-order valence-electron chi connectivity index (χ4n) is 15.5. The van der Waals surface area contributed by atoms with Crippen LogP contribution in [0.2, 0.25) is 0 Å². The fraction of sp³-hybridized carbons (Fsp3) is 1.00. The van der Waals surface area contributed by atoms with Crippen molar-refractivity contribution in [2.45, 2.75) is 116 Å². The van der Waals surface area contributed by atoms with Crippen LogP contribution in [0.25, 0.3) is 0 Å². The van der Waals surface area contributed by atoms with Crippen molar-refractivity contribution in [1.82, 2.24) is 0 Å². The summed E-state index contributed by atoms with van der Waals surface area (Å²) in [6.45, 7) is 0. The molecule has 12 bridgehead atoms. The summed E-state index contributed by atoms with van der Waals surface area (Å²) >= 11 is 0. The molecule has 12 fully saturated rings. The predicted octanol–water partition coefficient (Wildman–Crippen LogP) is 8.25. The van der Waals surface area contributed by atoms with Crippen molar-refractivity contribution >= 4 is 0 Å². The van der Waals surface area contributed by atoms with E-state index in [0.29, 0.717) is 0 Å². The van der Waals surface area contributed by atoms with E-state index in [4.69, 9.17) is 0 Å². The average Bonchev–Trinajstić information content (AvgIpc) is 2.63. The lowest BCUT2D eigenvalue weighted by atomic mass is 9.31. The van der Waals surface area contributed by atoms with Gasteiger partial charge in [-0.05, 0) is 191 Å². The Labute approximate surface area is 191 Å². The van der Waals surface area contributed by atoms with Crippen LogP contribution in [0.4, 0.5) is 0 Å². The Balaban J connectivity index is 1.21. The van der Waals surface area contributed by atoms with Gasteiger partial charge in [-0.2, -0.15) is 0 Å². The molecule has 0 radical (unpaired) electrons. The predicted molar refractivity (Wildman–Crippen MR) is 125 cm³/mol. The Morgan fingerprint density at radius 2 is 0.452 bits per heavy atom. The summed E-state index contributed by atoms with van der Waals surface area (Å²) in [6, 6.07) is 0. The summed E-state index contributed by atoms with van der Waals surface area (Å²) in [5.41, 5.74) is 2.43. The van der Waals surface area contributed by atoms with Crippen LogP contribution in [0.1, 0.15) is 116 Å². The normalized spacial score (nSPS) is 65.6. The van der Waals surface area contributed by atoms with Gasteiger partial charge in [0.1, 0.15) is 0 Å². The third-order valence-electron chi connectivity index (χ3n) is 14.1. The molecule has 12 aliphatic carbocycles. The van der Waals surface area contributed by atoms with Crippen LogP contribution in [-0.4, -0.2) is 0 Å². The second kappa shape index (κ2) is 5.79. The van der Waals surface area contributed by atoms with E-state index in [1.807, 2.05) is 0 Å². The first-order valence-electron chi connectivity index (χ1n) is 15.1. The summed E-state index contributed by atoms with van der Waals surface area (Å²) < 4.78 is 0. The molecule has 170 valence electrons. The summed E-state index contributed by atoms with van der Waals surface area (Å²) in [6.07, 6.45) is 30.1. The van der Waals surface area contributed by atoms with Crippen LogP contribution in [0.15, 0.2) is 0 Å². The maximum absolute atomic E-state index is 1.70. The van der Waals surface area contributed by atoms with Gasteiger partial charge in [0.05, 0.1) is 0 Å². The van der Waals surface area contributed by atoms with Crippen LogP contribution in [0.3, 0.4) is 0 Å². The molecule has 12 saturated carbocycles. The molecule has 0 atom stereocenters. The standard InChI is InChI=1S/C31H46/c1-19-2-21-3-20(1)11-29(10-19,12-21)28(30-13-22-4-23(14-30)6-24(5-22)15-30)31-16-25-7-26(17-31)9-27(8-25)18-31/h19-28H,1-18H2. The zero-order valence-corrected chi connectivity index (χ0v) is 20.0. The zero-order chi connectivity index (χ0) is 20.0. The third-order valence-corrected chi connectivity index (χ3v) is 14.1. The van der Waals surface area contributed by atoms with Gasteiger partial charge in [0.2, 0.25) is 0 Å². The molecule has 0 saturated heterocycles. The minimum atomic E-state index is 0.812. The molecular formula is C31H46. The average molecular weight is 419 g/mol. The molecule has 0 aliphatic heterocycles. The fourth-order valence-corrected chi connectivity index (χ4v) is 15.5. The van der Waals surface area contributed by atoms with Crippen LogP contribution in [0, 0.1) is 75.4 Å². The molecule has 0 aromatic heterocycles.